The van der Waals surface area contributed by atoms with Gasteiger partial charge in [-0.05, 0) is 19.1 Å². The maximum Gasteiger partial charge on any atom is 0.259 e. The predicted octanol–water partition coefficient (Wildman–Crippen LogP) is 2.00. The largest absolute Gasteiger partial charge is 0.497 e. The SMILES string of the molecule is COc1ccc(C(=O)Nc2cn(C)nc2C)c(OC)c1. The first kappa shape index (κ1) is 13.9. The molecule has 1 heterocycles. The van der Waals surface area contributed by atoms with Gasteiger partial charge < -0.3 is 14.8 Å². The summed E-state index contributed by atoms with van der Waals surface area (Å²) in [7, 11) is 4.88. The van der Waals surface area contributed by atoms with E-state index in [1.165, 1.54) is 7.11 Å². The van der Waals surface area contributed by atoms with Crippen LogP contribution < -0.4 is 14.8 Å². The van der Waals surface area contributed by atoms with Gasteiger partial charge in [-0.2, -0.15) is 5.10 Å². The standard InChI is InChI=1S/C14H17N3O3/c1-9-12(8-17(2)16-9)15-14(18)11-6-5-10(19-3)7-13(11)20-4/h5-8H,1-4H3,(H,15,18). The van der Waals surface area contributed by atoms with E-state index in [4.69, 9.17) is 9.47 Å². The Labute approximate surface area is 117 Å². The monoisotopic (exact) mass is 275 g/mol. The summed E-state index contributed by atoms with van der Waals surface area (Å²) in [6, 6.07) is 5.05. The molecule has 1 N–H and O–H groups in total. The van der Waals surface area contributed by atoms with Gasteiger partial charge in [0.05, 0.1) is 31.2 Å². The molecule has 0 saturated carbocycles. The zero-order chi connectivity index (χ0) is 14.7. The van der Waals surface area contributed by atoms with E-state index < -0.39 is 0 Å². The molecule has 20 heavy (non-hydrogen) atoms. The van der Waals surface area contributed by atoms with Crippen molar-refractivity contribution in [3.8, 4) is 11.5 Å². The van der Waals surface area contributed by atoms with Crippen LogP contribution in [0.1, 0.15) is 16.1 Å². The van der Waals surface area contributed by atoms with Crippen LogP contribution in [0.25, 0.3) is 0 Å². The molecule has 1 aromatic carbocycles. The average Bonchev–Trinajstić information content (AvgIpc) is 2.75. The number of hydrogen-bond donors (Lipinski definition) is 1. The third-order valence-electron chi connectivity index (χ3n) is 2.91. The van der Waals surface area contributed by atoms with Crippen molar-refractivity contribution in [2.45, 2.75) is 6.92 Å². The van der Waals surface area contributed by atoms with E-state index in [1.54, 1.807) is 43.2 Å². The lowest BCUT2D eigenvalue weighted by Crippen LogP contribution is -2.13. The van der Waals surface area contributed by atoms with E-state index >= 15 is 0 Å². The molecule has 0 unspecified atom stereocenters. The van der Waals surface area contributed by atoms with Gasteiger partial charge in [0.2, 0.25) is 0 Å². The number of aryl methyl sites for hydroxylation is 2. The van der Waals surface area contributed by atoms with Crippen LogP contribution in [0.15, 0.2) is 24.4 Å². The lowest BCUT2D eigenvalue weighted by atomic mass is 10.1. The normalized spacial score (nSPS) is 10.2. The van der Waals surface area contributed by atoms with E-state index in [0.29, 0.717) is 22.7 Å². The molecule has 1 aromatic heterocycles. The van der Waals surface area contributed by atoms with Crippen LogP contribution in [0.2, 0.25) is 0 Å². The summed E-state index contributed by atoms with van der Waals surface area (Å²) >= 11 is 0. The van der Waals surface area contributed by atoms with Gasteiger partial charge in [0.1, 0.15) is 11.5 Å². The van der Waals surface area contributed by atoms with Gasteiger partial charge >= 0.3 is 0 Å². The van der Waals surface area contributed by atoms with Crippen LogP contribution in [0.4, 0.5) is 5.69 Å². The first-order valence-corrected chi connectivity index (χ1v) is 6.08. The smallest absolute Gasteiger partial charge is 0.259 e. The highest BCUT2D eigenvalue weighted by Gasteiger charge is 2.15. The number of rotatable bonds is 4. The van der Waals surface area contributed by atoms with Crippen LogP contribution in [0.3, 0.4) is 0 Å². The topological polar surface area (TPSA) is 65.4 Å². The van der Waals surface area contributed by atoms with Crippen LogP contribution in [0.5, 0.6) is 11.5 Å². The second-order valence-corrected chi connectivity index (χ2v) is 4.32. The highest BCUT2D eigenvalue weighted by Crippen LogP contribution is 2.25. The van der Waals surface area contributed by atoms with Crippen molar-refractivity contribution in [3.05, 3.63) is 35.7 Å². The summed E-state index contributed by atoms with van der Waals surface area (Å²) in [5.74, 6) is 0.847. The quantitative estimate of drug-likeness (QED) is 0.926. The van der Waals surface area contributed by atoms with Crippen LogP contribution >= 0.6 is 0 Å². The maximum atomic E-state index is 12.3. The number of hydrogen-bond acceptors (Lipinski definition) is 4. The van der Waals surface area contributed by atoms with E-state index in [9.17, 15) is 4.79 Å². The van der Waals surface area contributed by atoms with Gasteiger partial charge in [0.25, 0.3) is 5.91 Å². The van der Waals surface area contributed by atoms with E-state index in [2.05, 4.69) is 10.4 Å². The Bertz CT molecular complexity index is 635. The molecule has 0 aliphatic heterocycles. The summed E-state index contributed by atoms with van der Waals surface area (Å²) in [5, 5.41) is 6.99. The van der Waals surface area contributed by atoms with Crippen molar-refractivity contribution in [2.24, 2.45) is 7.05 Å². The Kier molecular flexibility index (Phi) is 3.93. The van der Waals surface area contributed by atoms with Crippen molar-refractivity contribution in [1.29, 1.82) is 0 Å². The summed E-state index contributed by atoms with van der Waals surface area (Å²) in [6.07, 6.45) is 1.75. The molecular formula is C14H17N3O3. The lowest BCUT2D eigenvalue weighted by Gasteiger charge is -2.10. The van der Waals surface area contributed by atoms with Gasteiger partial charge in [0.15, 0.2) is 0 Å². The molecule has 1 amide bonds. The molecule has 106 valence electrons. The first-order valence-electron chi connectivity index (χ1n) is 6.08. The fourth-order valence-electron chi connectivity index (χ4n) is 1.90. The second-order valence-electron chi connectivity index (χ2n) is 4.32. The third kappa shape index (κ3) is 2.74. The van der Waals surface area contributed by atoms with Crippen molar-refractivity contribution in [3.63, 3.8) is 0 Å². The number of aromatic nitrogens is 2. The zero-order valence-electron chi connectivity index (χ0n) is 11.9. The molecular weight excluding hydrogens is 258 g/mol. The van der Waals surface area contributed by atoms with Crippen LogP contribution in [-0.2, 0) is 7.05 Å². The molecule has 2 rings (SSSR count). The van der Waals surface area contributed by atoms with E-state index in [1.807, 2.05) is 6.92 Å². The number of nitrogens with zero attached hydrogens (tertiary/aromatic N) is 2. The Balaban J connectivity index is 2.27. The van der Waals surface area contributed by atoms with Gasteiger partial charge in [0, 0.05) is 19.3 Å². The molecule has 0 spiro atoms. The highest BCUT2D eigenvalue weighted by molar-refractivity contribution is 6.06. The molecule has 0 saturated heterocycles. The average molecular weight is 275 g/mol. The molecule has 6 heteroatoms. The van der Waals surface area contributed by atoms with Crippen molar-refractivity contribution >= 4 is 11.6 Å². The van der Waals surface area contributed by atoms with Crippen molar-refractivity contribution < 1.29 is 14.3 Å². The fraction of sp³-hybridized carbons (Fsp3) is 0.286. The number of anilines is 1. The molecule has 0 bridgehead atoms. The number of carbonyl (C=O) groups is 1. The minimum atomic E-state index is -0.249. The number of amides is 1. The Hall–Kier alpha value is -2.50. The molecule has 0 atom stereocenters. The van der Waals surface area contributed by atoms with Gasteiger partial charge in [-0.25, -0.2) is 0 Å². The summed E-state index contributed by atoms with van der Waals surface area (Å²) in [5.41, 5.74) is 1.88. The van der Waals surface area contributed by atoms with Crippen LogP contribution in [-0.4, -0.2) is 29.9 Å². The summed E-state index contributed by atoms with van der Waals surface area (Å²) < 4.78 is 12.0. The Morgan fingerprint density at radius 2 is 2.05 bits per heavy atom. The van der Waals surface area contributed by atoms with Gasteiger partial charge in [-0.3, -0.25) is 9.48 Å². The number of nitrogens with one attached hydrogen (secondary N) is 1. The fourth-order valence-corrected chi connectivity index (χ4v) is 1.90. The van der Waals surface area contributed by atoms with Gasteiger partial charge in [-0.1, -0.05) is 0 Å². The third-order valence-corrected chi connectivity index (χ3v) is 2.91. The highest BCUT2D eigenvalue weighted by atomic mass is 16.5. The van der Waals surface area contributed by atoms with Crippen molar-refractivity contribution in [2.75, 3.05) is 19.5 Å². The second kappa shape index (κ2) is 5.64. The van der Waals surface area contributed by atoms with Crippen molar-refractivity contribution in [1.82, 2.24) is 9.78 Å². The summed E-state index contributed by atoms with van der Waals surface area (Å²) in [6.45, 7) is 1.83. The predicted molar refractivity (Wildman–Crippen MR) is 75.4 cm³/mol. The zero-order valence-corrected chi connectivity index (χ0v) is 11.9. The molecule has 2 aromatic rings. The van der Waals surface area contributed by atoms with Gasteiger partial charge in [-0.15, -0.1) is 0 Å². The van der Waals surface area contributed by atoms with Crippen LogP contribution in [0, 0.1) is 6.92 Å². The molecule has 0 aliphatic carbocycles. The molecule has 0 fully saturated rings. The Morgan fingerprint density at radius 3 is 2.60 bits per heavy atom. The minimum absolute atomic E-state index is 0.249. The van der Waals surface area contributed by atoms with E-state index in [0.717, 1.165) is 5.69 Å². The molecule has 0 aliphatic rings. The molecule has 0 radical (unpaired) electrons. The number of benzene rings is 1. The Morgan fingerprint density at radius 1 is 1.30 bits per heavy atom. The number of ether oxygens (including phenoxy) is 2. The van der Waals surface area contributed by atoms with E-state index in [-0.39, 0.29) is 5.91 Å². The number of methoxy groups -OCH3 is 2. The minimum Gasteiger partial charge on any atom is -0.497 e. The first-order chi connectivity index (χ1) is 9.55. The maximum absolute atomic E-state index is 12.3. The summed E-state index contributed by atoms with van der Waals surface area (Å²) in [4.78, 5) is 12.3. The number of carbonyl (C=O) groups excluding carboxylic acids is 1. The molecule has 6 nitrogen and oxygen atoms in total. The lowest BCUT2D eigenvalue weighted by molar-refractivity contribution is 0.102.